The maximum Gasteiger partial charge on any atom is 0 e. The van der Waals surface area contributed by atoms with Gasteiger partial charge in [0.05, 0.1) is 0 Å². The predicted octanol–water partition coefficient (Wildman–Crippen LogP) is 1.40. The van der Waals surface area contributed by atoms with Gasteiger partial charge in [-0.15, -0.1) is 0 Å². The minimum atomic E-state index is 0. The van der Waals surface area contributed by atoms with Gasteiger partial charge in [-0.25, -0.2) is 12.1 Å². The van der Waals surface area contributed by atoms with Crippen LogP contribution >= 0.6 is 0 Å². The molecule has 0 heterocycles. The first-order valence-electron chi connectivity index (χ1n) is 3.02. The molecule has 16 heavy (non-hydrogen) atoms. The van der Waals surface area contributed by atoms with E-state index < -0.39 is 0 Å². The van der Waals surface area contributed by atoms with E-state index in [1.807, 2.05) is 30.3 Å². The second-order valence-corrected chi connectivity index (χ2v) is 1.21. The fourth-order valence-electron chi connectivity index (χ4n) is 0.321. The average molecular weight is 301 g/mol. The number of hydrogen-bond donors (Lipinski definition) is 0. The van der Waals surface area contributed by atoms with Crippen molar-refractivity contribution >= 4 is 6.08 Å². The quantitative estimate of drug-likeness (QED) is 0.234. The maximum absolute atomic E-state index is 8.82. The first kappa shape index (κ1) is 29.3. The summed E-state index contributed by atoms with van der Waals surface area (Å²) in [4.78, 5) is 11.5. The van der Waals surface area contributed by atoms with Crippen molar-refractivity contribution in [2.45, 2.75) is 0 Å². The van der Waals surface area contributed by atoms with Crippen LogP contribution in [0, 0.1) is 27.0 Å². The van der Waals surface area contributed by atoms with Gasteiger partial charge in [-0.3, -0.25) is 0 Å². The summed E-state index contributed by atoms with van der Waals surface area (Å²) in [5.41, 5.74) is 0. The van der Waals surface area contributed by atoms with Gasteiger partial charge in [0.1, 0.15) is 0 Å². The molecule has 0 N–H and O–H groups in total. The number of isocyanates is 1. The zero-order valence-corrected chi connectivity index (χ0v) is 10.1. The topological polar surface area (TPSA) is 89.1 Å². The van der Waals surface area contributed by atoms with Gasteiger partial charge in [0.15, 0.2) is 0 Å². The summed E-state index contributed by atoms with van der Waals surface area (Å²) in [5.74, 6) is 0. The molecule has 84 valence electrons. The zero-order valence-electron chi connectivity index (χ0n) is 8.08. The van der Waals surface area contributed by atoms with E-state index in [9.17, 15) is 0 Å². The summed E-state index contributed by atoms with van der Waals surface area (Å²) in [6.45, 7) is 13.5. The second kappa shape index (κ2) is 69.7. The third-order valence-electron chi connectivity index (χ3n) is 0.620. The standard InChI is InChI=1S/C5H5.C2H2NO.3CO.Mo/c1-2-4-5-3-1;1-3-2-4;3*1-2;/h1-5H;1H2;;;;/q2*-1;;;;. The molecule has 0 aliphatic carbocycles. The smallest absolute Gasteiger partial charge is 0 e. The van der Waals surface area contributed by atoms with Crippen LogP contribution in [-0.4, -0.2) is 6.08 Å². The number of aliphatic imine (C=N–C) groups is 1. The van der Waals surface area contributed by atoms with Gasteiger partial charge < -0.3 is 9.79 Å². The van der Waals surface area contributed by atoms with Crippen molar-refractivity contribution in [1.29, 1.82) is 0 Å². The second-order valence-electron chi connectivity index (χ2n) is 1.21. The summed E-state index contributed by atoms with van der Waals surface area (Å²) in [6.07, 6.45) is 1.19. The molecule has 0 bridgehead atoms. The molecular formula is C10H7MoNO4-2. The van der Waals surface area contributed by atoms with E-state index in [2.05, 4.69) is 32.0 Å². The van der Waals surface area contributed by atoms with Gasteiger partial charge >= 0.3 is 33.9 Å². The third kappa shape index (κ3) is 81.5. The van der Waals surface area contributed by atoms with Crippen molar-refractivity contribution in [2.24, 2.45) is 4.99 Å². The SMILES string of the molecule is [C-]#[O+].[C-]#[O+].[C-]#[O+].[CH2-]N=C=O.[Mo].c1cc[cH-]c1. The monoisotopic (exact) mass is 303 g/mol. The summed E-state index contributed by atoms with van der Waals surface area (Å²) in [6, 6.07) is 10.0. The summed E-state index contributed by atoms with van der Waals surface area (Å²) in [5, 5.41) is 0. The molecule has 0 aliphatic heterocycles. The van der Waals surface area contributed by atoms with Crippen molar-refractivity contribution in [3.63, 3.8) is 0 Å². The van der Waals surface area contributed by atoms with Crippen molar-refractivity contribution < 1.29 is 39.8 Å². The molecule has 0 unspecified atom stereocenters. The fraction of sp³-hybridized carbons (Fsp3) is 0. The molecule has 0 aromatic heterocycles. The maximum atomic E-state index is 8.82. The number of hydrogen-bond acceptors (Lipinski definition) is 2. The van der Waals surface area contributed by atoms with Crippen LogP contribution in [0.5, 0.6) is 0 Å². The molecule has 0 fully saturated rings. The van der Waals surface area contributed by atoms with E-state index in [0.717, 1.165) is 0 Å². The van der Waals surface area contributed by atoms with Gasteiger partial charge in [-0.2, -0.15) is 25.2 Å². The number of rotatable bonds is 0. The van der Waals surface area contributed by atoms with Crippen LogP contribution in [0.2, 0.25) is 0 Å². The largest absolute Gasteiger partial charge is 0.389 e. The van der Waals surface area contributed by atoms with E-state index >= 15 is 0 Å². The molecule has 1 rings (SSSR count). The first-order chi connectivity index (χ1) is 7.41. The average Bonchev–Trinajstić information content (AvgIpc) is 2.95. The Morgan fingerprint density at radius 1 is 1.06 bits per heavy atom. The van der Waals surface area contributed by atoms with E-state index in [1.165, 1.54) is 6.08 Å². The Morgan fingerprint density at radius 2 is 1.31 bits per heavy atom. The molecule has 0 saturated carbocycles. The van der Waals surface area contributed by atoms with Crippen molar-refractivity contribution in [3.05, 3.63) is 57.3 Å². The Hall–Kier alpha value is -1.49. The van der Waals surface area contributed by atoms with Crippen LogP contribution in [0.25, 0.3) is 0 Å². The molecule has 6 heteroatoms. The van der Waals surface area contributed by atoms with Crippen LogP contribution < -0.4 is 0 Å². The van der Waals surface area contributed by atoms with Crippen LogP contribution in [0.1, 0.15) is 0 Å². The van der Waals surface area contributed by atoms with Crippen LogP contribution in [0.3, 0.4) is 0 Å². The minimum Gasteiger partial charge on any atom is -0.389 e. The van der Waals surface area contributed by atoms with Crippen molar-refractivity contribution in [1.82, 2.24) is 0 Å². The Kier molecular flexibility index (Phi) is 127. The third-order valence-corrected chi connectivity index (χ3v) is 0.620. The summed E-state index contributed by atoms with van der Waals surface area (Å²) < 4.78 is 22.5. The molecule has 0 atom stereocenters. The van der Waals surface area contributed by atoms with Crippen molar-refractivity contribution in [3.8, 4) is 0 Å². The van der Waals surface area contributed by atoms with Gasteiger partial charge in [0, 0.05) is 21.1 Å². The van der Waals surface area contributed by atoms with Crippen LogP contribution in [0.15, 0.2) is 35.3 Å². The molecule has 0 saturated heterocycles. The van der Waals surface area contributed by atoms with E-state index in [4.69, 9.17) is 18.8 Å². The molecule has 0 aliphatic rings. The van der Waals surface area contributed by atoms with Gasteiger partial charge in [-0.05, 0) is 6.08 Å². The Bertz CT molecular complexity index is 239. The van der Waals surface area contributed by atoms with Crippen LogP contribution in [-0.2, 0) is 39.8 Å². The number of carbonyl (C=O) groups excluding carboxylic acids is 1. The molecule has 0 spiro atoms. The minimum absolute atomic E-state index is 0. The zero-order chi connectivity index (χ0) is 12.9. The Labute approximate surface area is 108 Å². The molecule has 1 aromatic carbocycles. The van der Waals surface area contributed by atoms with Gasteiger partial charge in [0.2, 0.25) is 0 Å². The Morgan fingerprint density at radius 3 is 1.38 bits per heavy atom. The molecule has 5 nitrogen and oxygen atoms in total. The normalized spacial score (nSPS) is 3.88. The molecule has 0 radical (unpaired) electrons. The molecule has 0 amide bonds. The van der Waals surface area contributed by atoms with Gasteiger partial charge in [0.25, 0.3) is 0 Å². The summed E-state index contributed by atoms with van der Waals surface area (Å²) in [7, 11) is 2.81. The van der Waals surface area contributed by atoms with Gasteiger partial charge in [-0.1, -0.05) is 0 Å². The van der Waals surface area contributed by atoms with E-state index in [0.29, 0.717) is 0 Å². The van der Waals surface area contributed by atoms with Crippen molar-refractivity contribution in [2.75, 3.05) is 0 Å². The van der Waals surface area contributed by atoms with Crippen LogP contribution in [0.4, 0.5) is 0 Å². The molecular weight excluding hydrogens is 294 g/mol. The molecule has 1 aromatic rings. The summed E-state index contributed by atoms with van der Waals surface area (Å²) >= 11 is 0. The Balaban J connectivity index is -0.0000000337. The number of nitrogens with zero attached hydrogens (tertiary/aromatic N) is 1. The fourth-order valence-corrected chi connectivity index (χ4v) is 0.321. The predicted molar refractivity (Wildman–Crippen MR) is 47.3 cm³/mol. The van der Waals surface area contributed by atoms with E-state index in [1.54, 1.807) is 0 Å². The van der Waals surface area contributed by atoms with E-state index in [-0.39, 0.29) is 21.1 Å². The first-order valence-corrected chi connectivity index (χ1v) is 3.02.